The van der Waals surface area contributed by atoms with E-state index in [1.807, 2.05) is 6.08 Å². The average molecular weight is 876 g/mol. The summed E-state index contributed by atoms with van der Waals surface area (Å²) in [5.74, 6) is -0.191. The quantitative estimate of drug-likeness (QED) is 0.0262. The van der Waals surface area contributed by atoms with Gasteiger partial charge in [-0.25, -0.2) is 0 Å². The number of aliphatic hydroxyl groups is 5. The third-order valence-corrected chi connectivity index (χ3v) is 12.1. The lowest BCUT2D eigenvalue weighted by molar-refractivity contribution is -0.302. The zero-order valence-electron chi connectivity index (χ0n) is 39.9. The average Bonchev–Trinajstić information content (AvgIpc) is 3.27. The molecule has 362 valence electrons. The van der Waals surface area contributed by atoms with E-state index in [9.17, 15) is 30.3 Å². The molecule has 7 atom stereocenters. The van der Waals surface area contributed by atoms with Gasteiger partial charge in [0.05, 0.1) is 25.4 Å². The summed E-state index contributed by atoms with van der Waals surface area (Å²) in [4.78, 5) is 13.0. The van der Waals surface area contributed by atoms with Crippen molar-refractivity contribution in [3.63, 3.8) is 0 Å². The van der Waals surface area contributed by atoms with Crippen LogP contribution in [0.5, 0.6) is 0 Å². The fourth-order valence-electron chi connectivity index (χ4n) is 7.93. The molecule has 1 fully saturated rings. The number of hydrogen-bond donors (Lipinski definition) is 6. The Morgan fingerprint density at radius 1 is 0.532 bits per heavy atom. The van der Waals surface area contributed by atoms with Gasteiger partial charge in [0, 0.05) is 6.42 Å². The molecule has 0 aromatic heterocycles. The van der Waals surface area contributed by atoms with Gasteiger partial charge in [0.15, 0.2) is 6.29 Å². The molecule has 9 heteroatoms. The standard InChI is InChI=1S/C53H97NO8/c1-3-5-7-9-11-13-15-17-18-19-20-21-22-23-24-25-26-27-28-29-30-31-33-35-37-39-41-43-49(57)54-46(45-61-53-52(60)51(59)50(58)48(44-55)62-53)47(56)42-40-38-36-34-32-16-14-12-10-8-6-4-2/h10,12,19-20,32,34,40,42,46-48,50-53,55-56,58-60H,3-9,11,13-18,21-31,33,35-39,41,43-45H2,1-2H3,(H,54,57)/b12-10+,20-19-,34-32+,42-40+. The number of rotatable bonds is 43. The molecule has 0 saturated carbocycles. The molecule has 1 saturated heterocycles. The third kappa shape index (κ3) is 32.8. The highest BCUT2D eigenvalue weighted by atomic mass is 16.7. The molecule has 1 amide bonds. The van der Waals surface area contributed by atoms with E-state index in [2.05, 4.69) is 55.6 Å². The summed E-state index contributed by atoms with van der Waals surface area (Å²) >= 11 is 0. The van der Waals surface area contributed by atoms with Gasteiger partial charge in [-0.15, -0.1) is 0 Å². The van der Waals surface area contributed by atoms with Crippen LogP contribution in [0.25, 0.3) is 0 Å². The van der Waals surface area contributed by atoms with Crippen LogP contribution in [-0.2, 0) is 14.3 Å². The molecule has 1 rings (SSSR count). The second-order valence-corrected chi connectivity index (χ2v) is 17.9. The number of nitrogens with one attached hydrogen (secondary N) is 1. The molecule has 9 nitrogen and oxygen atoms in total. The van der Waals surface area contributed by atoms with Gasteiger partial charge in [0.2, 0.25) is 5.91 Å². The molecule has 1 aliphatic heterocycles. The third-order valence-electron chi connectivity index (χ3n) is 12.1. The Balaban J connectivity index is 2.20. The fourth-order valence-corrected chi connectivity index (χ4v) is 7.93. The van der Waals surface area contributed by atoms with Crippen LogP contribution in [0.15, 0.2) is 48.6 Å². The van der Waals surface area contributed by atoms with Crippen LogP contribution in [-0.4, -0.2) is 87.5 Å². The Morgan fingerprint density at radius 2 is 0.935 bits per heavy atom. The predicted molar refractivity (Wildman–Crippen MR) is 258 cm³/mol. The molecular formula is C53H97NO8. The van der Waals surface area contributed by atoms with Crippen molar-refractivity contribution in [2.45, 2.75) is 269 Å². The van der Waals surface area contributed by atoms with Crippen molar-refractivity contribution in [3.8, 4) is 0 Å². The Bertz CT molecular complexity index is 1110. The van der Waals surface area contributed by atoms with E-state index in [1.54, 1.807) is 6.08 Å². The minimum absolute atomic E-state index is 0.191. The molecule has 62 heavy (non-hydrogen) atoms. The number of ether oxygens (including phenoxy) is 2. The maximum Gasteiger partial charge on any atom is 0.220 e. The molecule has 0 aromatic carbocycles. The van der Waals surface area contributed by atoms with E-state index in [1.165, 1.54) is 154 Å². The van der Waals surface area contributed by atoms with Crippen LogP contribution in [0, 0.1) is 0 Å². The molecule has 0 aliphatic carbocycles. The molecule has 0 radical (unpaired) electrons. The van der Waals surface area contributed by atoms with Crippen molar-refractivity contribution in [1.82, 2.24) is 5.32 Å². The summed E-state index contributed by atoms with van der Waals surface area (Å²) in [6.45, 7) is 3.70. The maximum atomic E-state index is 13.0. The highest BCUT2D eigenvalue weighted by Crippen LogP contribution is 2.23. The van der Waals surface area contributed by atoms with E-state index >= 15 is 0 Å². The van der Waals surface area contributed by atoms with Gasteiger partial charge in [0.1, 0.15) is 24.4 Å². The van der Waals surface area contributed by atoms with Crippen LogP contribution < -0.4 is 5.32 Å². The largest absolute Gasteiger partial charge is 0.394 e. The van der Waals surface area contributed by atoms with E-state index in [-0.39, 0.29) is 12.5 Å². The summed E-state index contributed by atoms with van der Waals surface area (Å²) in [5.41, 5.74) is 0. The van der Waals surface area contributed by atoms with Crippen LogP contribution in [0.3, 0.4) is 0 Å². The number of unbranched alkanes of at least 4 members (excludes halogenated alkanes) is 27. The van der Waals surface area contributed by atoms with Gasteiger partial charge in [-0.3, -0.25) is 4.79 Å². The zero-order valence-corrected chi connectivity index (χ0v) is 39.9. The second kappa shape index (κ2) is 43.1. The number of carbonyl (C=O) groups excluding carboxylic acids is 1. The molecule has 0 bridgehead atoms. The summed E-state index contributed by atoms with van der Waals surface area (Å²) in [7, 11) is 0. The molecule has 6 N–H and O–H groups in total. The number of aliphatic hydroxyl groups excluding tert-OH is 5. The van der Waals surface area contributed by atoms with Gasteiger partial charge in [0.25, 0.3) is 0 Å². The van der Waals surface area contributed by atoms with Gasteiger partial charge >= 0.3 is 0 Å². The van der Waals surface area contributed by atoms with Gasteiger partial charge in [-0.1, -0.05) is 204 Å². The lowest BCUT2D eigenvalue weighted by Crippen LogP contribution is -2.60. The highest BCUT2D eigenvalue weighted by Gasteiger charge is 2.44. The first kappa shape index (κ1) is 58.2. The minimum atomic E-state index is -1.57. The molecule has 1 heterocycles. The predicted octanol–water partition coefficient (Wildman–Crippen LogP) is 11.8. The lowest BCUT2D eigenvalue weighted by atomic mass is 9.99. The maximum absolute atomic E-state index is 13.0. The molecule has 0 aromatic rings. The first-order valence-corrected chi connectivity index (χ1v) is 25.9. The van der Waals surface area contributed by atoms with Gasteiger partial charge < -0.3 is 40.3 Å². The van der Waals surface area contributed by atoms with E-state index in [0.29, 0.717) is 6.42 Å². The van der Waals surface area contributed by atoms with E-state index in [0.717, 1.165) is 51.4 Å². The van der Waals surface area contributed by atoms with Crippen molar-refractivity contribution < 1.29 is 39.8 Å². The molecule has 7 unspecified atom stereocenters. The van der Waals surface area contributed by atoms with Crippen molar-refractivity contribution in [1.29, 1.82) is 0 Å². The van der Waals surface area contributed by atoms with Crippen molar-refractivity contribution >= 4 is 5.91 Å². The summed E-state index contributed by atoms with van der Waals surface area (Å²) < 4.78 is 11.2. The fraction of sp³-hybridized carbons (Fsp3) is 0.830. The second-order valence-electron chi connectivity index (χ2n) is 17.9. The van der Waals surface area contributed by atoms with Crippen LogP contribution in [0.1, 0.15) is 226 Å². The monoisotopic (exact) mass is 876 g/mol. The van der Waals surface area contributed by atoms with Gasteiger partial charge in [-0.05, 0) is 64.2 Å². The Morgan fingerprint density at radius 3 is 1.40 bits per heavy atom. The first-order valence-electron chi connectivity index (χ1n) is 25.9. The highest BCUT2D eigenvalue weighted by molar-refractivity contribution is 5.76. The first-order chi connectivity index (χ1) is 30.3. The Hall–Kier alpha value is -1.85. The Labute approximate surface area is 380 Å². The molecular weight excluding hydrogens is 779 g/mol. The smallest absolute Gasteiger partial charge is 0.220 e. The van der Waals surface area contributed by atoms with Crippen molar-refractivity contribution in [2.75, 3.05) is 13.2 Å². The van der Waals surface area contributed by atoms with E-state index < -0.39 is 49.5 Å². The summed E-state index contributed by atoms with van der Waals surface area (Å²) in [5, 5.41) is 54.2. The SMILES string of the molecule is CCCC/C=C/CC/C=C/CC/C=C/C(O)C(COC1OC(CO)C(O)C(O)C1O)NC(=O)CCCCCCCCCCCCCCCCC/C=C\CCCCCCCCCC. The number of hydrogen-bond acceptors (Lipinski definition) is 8. The number of carbonyl (C=O) groups is 1. The van der Waals surface area contributed by atoms with Gasteiger partial charge in [-0.2, -0.15) is 0 Å². The normalized spacial score (nSPS) is 20.7. The molecule has 1 aliphatic rings. The Kier molecular flexibility index (Phi) is 40.4. The molecule has 0 spiro atoms. The van der Waals surface area contributed by atoms with Crippen LogP contribution >= 0.6 is 0 Å². The summed E-state index contributed by atoms with van der Waals surface area (Å²) in [6.07, 6.45) is 49.0. The zero-order chi connectivity index (χ0) is 45.1. The van der Waals surface area contributed by atoms with E-state index in [4.69, 9.17) is 9.47 Å². The summed E-state index contributed by atoms with van der Waals surface area (Å²) in [6, 6.07) is -0.826. The lowest BCUT2D eigenvalue weighted by Gasteiger charge is -2.40. The minimum Gasteiger partial charge on any atom is -0.394 e. The number of allylic oxidation sites excluding steroid dienone is 7. The van der Waals surface area contributed by atoms with Crippen molar-refractivity contribution in [2.24, 2.45) is 0 Å². The number of amides is 1. The van der Waals surface area contributed by atoms with Crippen molar-refractivity contribution in [3.05, 3.63) is 48.6 Å². The topological polar surface area (TPSA) is 149 Å². The van der Waals surface area contributed by atoms with Crippen LogP contribution in [0.2, 0.25) is 0 Å². The van der Waals surface area contributed by atoms with Crippen LogP contribution in [0.4, 0.5) is 0 Å².